The zero-order chi connectivity index (χ0) is 9.68. The lowest BCUT2D eigenvalue weighted by Crippen LogP contribution is -2.19. The Kier molecular flexibility index (Phi) is 4.81. The molecule has 0 heterocycles. The van der Waals surface area contributed by atoms with Gasteiger partial charge in [0, 0.05) is 10.7 Å². The molecule has 1 aromatic rings. The molecule has 1 nitrogen and oxygen atoms in total. The zero-order valence-corrected chi connectivity index (χ0v) is 10.6. The van der Waals surface area contributed by atoms with Gasteiger partial charge in [0.15, 0.2) is 0 Å². The quantitative estimate of drug-likeness (QED) is 0.773. The highest BCUT2D eigenvalue weighted by molar-refractivity contribution is 9.09. The molecule has 0 radical (unpaired) electrons. The van der Waals surface area contributed by atoms with E-state index in [1.165, 1.54) is 5.56 Å². The van der Waals surface area contributed by atoms with E-state index in [2.05, 4.69) is 44.8 Å². The van der Waals surface area contributed by atoms with Crippen molar-refractivity contribution in [2.45, 2.75) is 13.0 Å². The molecule has 0 amide bonds. The number of alkyl halides is 2. The van der Waals surface area contributed by atoms with E-state index >= 15 is 0 Å². The Bertz CT molecular complexity index is 259. The maximum absolute atomic E-state index is 5.75. The minimum absolute atomic E-state index is 0.195. The van der Waals surface area contributed by atoms with Crippen molar-refractivity contribution in [2.24, 2.45) is 0 Å². The lowest BCUT2D eigenvalue weighted by atomic mass is 10.2. The van der Waals surface area contributed by atoms with E-state index in [9.17, 15) is 0 Å². The monoisotopic (exact) mass is 306 g/mol. The van der Waals surface area contributed by atoms with Gasteiger partial charge >= 0.3 is 0 Å². The predicted octanol–water partition coefficient (Wildman–Crippen LogP) is 3.53. The summed E-state index contributed by atoms with van der Waals surface area (Å²) in [6, 6.07) is 8.05. The summed E-state index contributed by atoms with van der Waals surface area (Å²) in [5.41, 5.74) is 1.18. The first-order valence-electron chi connectivity index (χ1n) is 4.12. The van der Waals surface area contributed by atoms with E-state index in [0.717, 1.165) is 16.4 Å². The molecule has 0 aromatic heterocycles. The Balaban J connectivity index is 2.67. The Morgan fingerprint density at radius 3 is 2.38 bits per heavy atom. The first-order valence-corrected chi connectivity index (χ1v) is 6.36. The van der Waals surface area contributed by atoms with Gasteiger partial charge in [0.25, 0.3) is 0 Å². The molecule has 0 atom stereocenters. The lowest BCUT2D eigenvalue weighted by molar-refractivity contribution is 0.252. The molecule has 0 fully saturated rings. The summed E-state index contributed by atoms with van der Waals surface area (Å²) < 4.78 is 5.75. The second-order valence-electron chi connectivity index (χ2n) is 2.81. The van der Waals surface area contributed by atoms with Gasteiger partial charge in [-0.1, -0.05) is 50.1 Å². The molecule has 13 heavy (non-hydrogen) atoms. The third-order valence-electron chi connectivity index (χ3n) is 1.73. The fraction of sp³-hybridized carbons (Fsp3) is 0.400. The first-order chi connectivity index (χ1) is 6.27. The second-order valence-corrected chi connectivity index (χ2v) is 4.11. The standard InChI is InChI=1S/C10H12Br2O/c1-8-4-2-3-5-10(8)13-9(6-11)7-12/h2-5,9H,6-7H2,1H3. The summed E-state index contributed by atoms with van der Waals surface area (Å²) >= 11 is 6.81. The summed E-state index contributed by atoms with van der Waals surface area (Å²) in [6.07, 6.45) is 0.195. The number of hydrogen-bond acceptors (Lipinski definition) is 1. The maximum atomic E-state index is 5.75. The minimum Gasteiger partial charge on any atom is -0.488 e. The molecular formula is C10H12Br2O. The highest BCUT2D eigenvalue weighted by Crippen LogP contribution is 2.18. The van der Waals surface area contributed by atoms with Crippen molar-refractivity contribution < 1.29 is 4.74 Å². The van der Waals surface area contributed by atoms with Gasteiger partial charge in [-0.25, -0.2) is 0 Å². The average molecular weight is 308 g/mol. The molecule has 1 rings (SSSR count). The highest BCUT2D eigenvalue weighted by atomic mass is 79.9. The molecule has 0 N–H and O–H groups in total. The van der Waals surface area contributed by atoms with Gasteiger partial charge in [-0.2, -0.15) is 0 Å². The number of rotatable bonds is 4. The topological polar surface area (TPSA) is 9.23 Å². The Hall–Kier alpha value is -0.0200. The van der Waals surface area contributed by atoms with Crippen molar-refractivity contribution in [1.82, 2.24) is 0 Å². The van der Waals surface area contributed by atoms with E-state index in [-0.39, 0.29) is 6.10 Å². The molecule has 0 spiro atoms. The van der Waals surface area contributed by atoms with Gasteiger partial charge in [-0.05, 0) is 18.6 Å². The Labute approximate surface area is 95.7 Å². The van der Waals surface area contributed by atoms with Crippen LogP contribution in [0.4, 0.5) is 0 Å². The smallest absolute Gasteiger partial charge is 0.122 e. The van der Waals surface area contributed by atoms with Crippen LogP contribution < -0.4 is 4.74 Å². The minimum atomic E-state index is 0.195. The molecule has 0 aliphatic carbocycles. The molecule has 1 aromatic carbocycles. The molecule has 0 aliphatic rings. The summed E-state index contributed by atoms with van der Waals surface area (Å²) in [7, 11) is 0. The average Bonchev–Trinajstić information content (AvgIpc) is 2.17. The van der Waals surface area contributed by atoms with Crippen molar-refractivity contribution in [1.29, 1.82) is 0 Å². The van der Waals surface area contributed by atoms with Crippen molar-refractivity contribution in [3.63, 3.8) is 0 Å². The van der Waals surface area contributed by atoms with E-state index in [1.807, 2.05) is 18.2 Å². The number of hydrogen-bond donors (Lipinski definition) is 0. The van der Waals surface area contributed by atoms with E-state index < -0.39 is 0 Å². The van der Waals surface area contributed by atoms with Crippen molar-refractivity contribution in [2.75, 3.05) is 10.7 Å². The highest BCUT2D eigenvalue weighted by Gasteiger charge is 2.07. The van der Waals surface area contributed by atoms with Crippen LogP contribution in [0.3, 0.4) is 0 Å². The third-order valence-corrected chi connectivity index (χ3v) is 3.18. The van der Waals surface area contributed by atoms with E-state index in [0.29, 0.717) is 0 Å². The van der Waals surface area contributed by atoms with Crippen molar-refractivity contribution >= 4 is 31.9 Å². The number of para-hydroxylation sites is 1. The van der Waals surface area contributed by atoms with Crippen LogP contribution in [0.2, 0.25) is 0 Å². The van der Waals surface area contributed by atoms with Gasteiger partial charge in [-0.15, -0.1) is 0 Å². The van der Waals surface area contributed by atoms with Gasteiger partial charge in [0.2, 0.25) is 0 Å². The van der Waals surface area contributed by atoms with E-state index in [4.69, 9.17) is 4.74 Å². The Morgan fingerprint density at radius 2 is 1.85 bits per heavy atom. The molecular weight excluding hydrogens is 296 g/mol. The molecule has 0 saturated carbocycles. The van der Waals surface area contributed by atoms with Crippen LogP contribution in [0.1, 0.15) is 5.56 Å². The number of ether oxygens (including phenoxy) is 1. The van der Waals surface area contributed by atoms with Gasteiger partial charge in [0.1, 0.15) is 11.9 Å². The lowest BCUT2D eigenvalue weighted by Gasteiger charge is -2.15. The maximum Gasteiger partial charge on any atom is 0.122 e. The fourth-order valence-electron chi connectivity index (χ4n) is 0.972. The molecule has 0 saturated heterocycles. The van der Waals surface area contributed by atoms with Crippen LogP contribution >= 0.6 is 31.9 Å². The number of aryl methyl sites for hydroxylation is 1. The summed E-state index contributed by atoms with van der Waals surface area (Å²) in [4.78, 5) is 0. The fourth-order valence-corrected chi connectivity index (χ4v) is 2.31. The van der Waals surface area contributed by atoms with Crippen molar-refractivity contribution in [3.8, 4) is 5.75 Å². The van der Waals surface area contributed by atoms with Crippen molar-refractivity contribution in [3.05, 3.63) is 29.8 Å². The van der Waals surface area contributed by atoms with Crippen LogP contribution in [0.15, 0.2) is 24.3 Å². The van der Waals surface area contributed by atoms with E-state index in [1.54, 1.807) is 0 Å². The van der Waals surface area contributed by atoms with Crippen LogP contribution in [0, 0.1) is 6.92 Å². The molecule has 72 valence electrons. The summed E-state index contributed by atoms with van der Waals surface area (Å²) in [6.45, 7) is 2.05. The SMILES string of the molecule is Cc1ccccc1OC(CBr)CBr. The Morgan fingerprint density at radius 1 is 1.23 bits per heavy atom. The third kappa shape index (κ3) is 3.31. The zero-order valence-electron chi connectivity index (χ0n) is 7.47. The number of benzene rings is 1. The summed E-state index contributed by atoms with van der Waals surface area (Å²) in [5, 5.41) is 1.68. The first kappa shape index (κ1) is 11.1. The molecule has 0 unspecified atom stereocenters. The molecule has 0 bridgehead atoms. The largest absolute Gasteiger partial charge is 0.488 e. The van der Waals surface area contributed by atoms with Gasteiger partial charge < -0.3 is 4.74 Å². The van der Waals surface area contributed by atoms with Gasteiger partial charge in [0.05, 0.1) is 0 Å². The number of halogens is 2. The van der Waals surface area contributed by atoms with Crippen LogP contribution in [0.5, 0.6) is 5.75 Å². The van der Waals surface area contributed by atoms with Crippen LogP contribution in [-0.4, -0.2) is 16.8 Å². The predicted molar refractivity (Wildman–Crippen MR) is 63.2 cm³/mol. The normalized spacial score (nSPS) is 10.5. The second kappa shape index (κ2) is 5.66. The molecule has 0 aliphatic heterocycles. The molecule has 3 heteroatoms. The van der Waals surface area contributed by atoms with Crippen LogP contribution in [-0.2, 0) is 0 Å². The summed E-state index contributed by atoms with van der Waals surface area (Å²) in [5.74, 6) is 0.964. The van der Waals surface area contributed by atoms with Gasteiger partial charge in [-0.3, -0.25) is 0 Å². The van der Waals surface area contributed by atoms with Crippen LogP contribution in [0.25, 0.3) is 0 Å².